The molecule has 0 N–H and O–H groups in total. The number of halogens is 4. The third-order valence-corrected chi connectivity index (χ3v) is 8.12. The quantitative estimate of drug-likeness (QED) is 0.531. The molecule has 6 nitrogen and oxygen atoms in total. The van der Waals surface area contributed by atoms with Crippen LogP contribution in [-0.4, -0.2) is 65.7 Å². The Bertz CT molecular complexity index is 1270. The highest BCUT2D eigenvalue weighted by atomic mass is 35.5. The Balaban J connectivity index is 1.23. The number of thiophene rings is 1. The summed E-state index contributed by atoms with van der Waals surface area (Å²) in [4.78, 5) is 26.2. The molecule has 1 aromatic carbocycles. The Kier molecular flexibility index (Phi) is 6.34. The molecule has 5 rings (SSSR count). The average molecular weight is 512 g/mol. The van der Waals surface area contributed by atoms with Crippen LogP contribution < -0.4 is 10.5 Å². The van der Waals surface area contributed by atoms with E-state index in [-0.39, 0.29) is 10.6 Å². The van der Waals surface area contributed by atoms with Gasteiger partial charge in [-0.15, -0.1) is 11.3 Å². The molecule has 2 aliphatic rings. The second-order valence-corrected chi connectivity index (χ2v) is 10.4. The standard InChI is InChI=1S/C23H25ClF3N5OS/c1-29-5-4-16-19(13-29)34-21-20(16)22(33)32(14-28-21)11-8-30-6-9-31(10-7-30)15-2-3-18(24)17(12-15)23(25,26)27/h2-3,12,14H,4-11,13H2,1H3. The fraction of sp³-hybridized carbons (Fsp3) is 0.478. The number of hydrogen-bond acceptors (Lipinski definition) is 6. The van der Waals surface area contributed by atoms with Crippen LogP contribution in [0, 0.1) is 0 Å². The molecule has 0 bridgehead atoms. The number of anilines is 1. The molecule has 3 aromatic rings. The van der Waals surface area contributed by atoms with Gasteiger partial charge in [0.15, 0.2) is 0 Å². The summed E-state index contributed by atoms with van der Waals surface area (Å²) < 4.78 is 41.3. The van der Waals surface area contributed by atoms with Gasteiger partial charge in [-0.05, 0) is 37.2 Å². The number of aromatic nitrogens is 2. The van der Waals surface area contributed by atoms with Gasteiger partial charge in [0.25, 0.3) is 5.56 Å². The fourth-order valence-electron chi connectivity index (χ4n) is 4.71. The van der Waals surface area contributed by atoms with Gasteiger partial charge in [0, 0.05) is 62.9 Å². The summed E-state index contributed by atoms with van der Waals surface area (Å²) in [7, 11) is 2.08. The fourth-order valence-corrected chi connectivity index (χ4v) is 6.19. The molecule has 34 heavy (non-hydrogen) atoms. The van der Waals surface area contributed by atoms with Crippen molar-refractivity contribution in [2.24, 2.45) is 0 Å². The first-order valence-corrected chi connectivity index (χ1v) is 12.4. The van der Waals surface area contributed by atoms with Gasteiger partial charge in [-0.1, -0.05) is 11.6 Å². The molecule has 1 fully saturated rings. The van der Waals surface area contributed by atoms with Crippen molar-refractivity contribution in [3.8, 4) is 0 Å². The largest absolute Gasteiger partial charge is 0.417 e. The molecule has 0 aliphatic carbocycles. The number of benzene rings is 1. The zero-order chi connectivity index (χ0) is 24.0. The van der Waals surface area contributed by atoms with Crippen LogP contribution in [0.25, 0.3) is 10.2 Å². The van der Waals surface area contributed by atoms with E-state index in [2.05, 4.69) is 21.8 Å². The summed E-state index contributed by atoms with van der Waals surface area (Å²) >= 11 is 7.36. The van der Waals surface area contributed by atoms with Gasteiger partial charge < -0.3 is 9.80 Å². The van der Waals surface area contributed by atoms with Gasteiger partial charge in [0.05, 0.1) is 22.3 Å². The number of alkyl halides is 3. The highest BCUT2D eigenvalue weighted by Crippen LogP contribution is 2.37. The Labute approximate surface area is 204 Å². The first-order chi connectivity index (χ1) is 16.2. The molecule has 0 amide bonds. The third kappa shape index (κ3) is 4.56. The van der Waals surface area contributed by atoms with Crippen LogP contribution in [0.2, 0.25) is 5.02 Å². The minimum atomic E-state index is -4.48. The minimum Gasteiger partial charge on any atom is -0.369 e. The third-order valence-electron chi connectivity index (χ3n) is 6.67. The van der Waals surface area contributed by atoms with Crippen molar-refractivity contribution in [1.29, 1.82) is 0 Å². The van der Waals surface area contributed by atoms with Crippen molar-refractivity contribution >= 4 is 38.8 Å². The Morgan fingerprint density at radius 3 is 2.62 bits per heavy atom. The van der Waals surface area contributed by atoms with E-state index >= 15 is 0 Å². The van der Waals surface area contributed by atoms with Crippen molar-refractivity contribution in [1.82, 2.24) is 19.4 Å². The maximum atomic E-state index is 13.2. The van der Waals surface area contributed by atoms with Crippen LogP contribution in [-0.2, 0) is 25.7 Å². The van der Waals surface area contributed by atoms with Crippen LogP contribution >= 0.6 is 22.9 Å². The highest BCUT2D eigenvalue weighted by molar-refractivity contribution is 7.18. The molecule has 1 saturated heterocycles. The molecule has 11 heteroatoms. The molecule has 0 unspecified atom stereocenters. The van der Waals surface area contributed by atoms with E-state index in [0.717, 1.165) is 41.4 Å². The van der Waals surface area contributed by atoms with E-state index in [0.29, 0.717) is 45.0 Å². The molecular weight excluding hydrogens is 487 g/mol. The number of nitrogens with zero attached hydrogens (tertiary/aromatic N) is 5. The van der Waals surface area contributed by atoms with Crippen LogP contribution in [0.15, 0.2) is 29.3 Å². The molecular formula is C23H25ClF3N5OS. The average Bonchev–Trinajstić information content (AvgIpc) is 3.17. The Morgan fingerprint density at radius 2 is 1.88 bits per heavy atom. The SMILES string of the molecule is CN1CCc2c(sc3ncn(CCN4CCN(c5ccc(Cl)c(C(F)(F)F)c5)CC4)c(=O)c23)C1. The van der Waals surface area contributed by atoms with Gasteiger partial charge in [0.1, 0.15) is 4.83 Å². The number of piperazine rings is 1. The predicted octanol–water partition coefficient (Wildman–Crippen LogP) is 3.94. The zero-order valence-electron chi connectivity index (χ0n) is 18.7. The van der Waals surface area contributed by atoms with Crippen molar-refractivity contribution in [2.75, 3.05) is 51.2 Å². The van der Waals surface area contributed by atoms with Crippen LogP contribution in [0.5, 0.6) is 0 Å². The van der Waals surface area contributed by atoms with Crippen LogP contribution in [0.1, 0.15) is 16.0 Å². The molecule has 0 saturated carbocycles. The lowest BCUT2D eigenvalue weighted by Gasteiger charge is -2.36. The number of fused-ring (bicyclic) bond motifs is 3. The Hall–Kier alpha value is -2.14. The summed E-state index contributed by atoms with van der Waals surface area (Å²) in [5.74, 6) is 0. The molecule has 4 heterocycles. The summed E-state index contributed by atoms with van der Waals surface area (Å²) in [5, 5.41) is 0.480. The topological polar surface area (TPSA) is 44.6 Å². The number of rotatable bonds is 4. The lowest BCUT2D eigenvalue weighted by atomic mass is 10.1. The highest BCUT2D eigenvalue weighted by Gasteiger charge is 2.34. The van der Waals surface area contributed by atoms with Crippen molar-refractivity contribution in [3.05, 3.63) is 55.9 Å². The summed E-state index contributed by atoms with van der Waals surface area (Å²) in [6, 6.07) is 4.06. The number of likely N-dealkylation sites (N-methyl/N-ethyl adjacent to an activating group) is 1. The normalized spacial score (nSPS) is 18.0. The molecule has 0 spiro atoms. The van der Waals surface area contributed by atoms with E-state index in [1.807, 2.05) is 4.90 Å². The van der Waals surface area contributed by atoms with Gasteiger partial charge in [-0.25, -0.2) is 4.98 Å². The summed E-state index contributed by atoms with van der Waals surface area (Å²) in [6.45, 7) is 5.64. The lowest BCUT2D eigenvalue weighted by molar-refractivity contribution is -0.137. The van der Waals surface area contributed by atoms with Crippen molar-refractivity contribution in [2.45, 2.75) is 25.7 Å². The first-order valence-electron chi connectivity index (χ1n) is 11.2. The van der Waals surface area contributed by atoms with Gasteiger partial charge in [-0.2, -0.15) is 13.2 Å². The molecule has 182 valence electrons. The molecule has 2 aliphatic heterocycles. The zero-order valence-corrected chi connectivity index (χ0v) is 20.3. The van der Waals surface area contributed by atoms with Gasteiger partial charge in [-0.3, -0.25) is 14.3 Å². The van der Waals surface area contributed by atoms with E-state index in [1.165, 1.54) is 10.9 Å². The van der Waals surface area contributed by atoms with Crippen LogP contribution in [0.4, 0.5) is 18.9 Å². The van der Waals surface area contributed by atoms with Gasteiger partial charge >= 0.3 is 6.18 Å². The second kappa shape index (κ2) is 9.14. The lowest BCUT2D eigenvalue weighted by Crippen LogP contribution is -2.47. The molecule has 2 aromatic heterocycles. The second-order valence-electron chi connectivity index (χ2n) is 8.91. The van der Waals surface area contributed by atoms with Crippen LogP contribution in [0.3, 0.4) is 0 Å². The monoisotopic (exact) mass is 511 g/mol. The van der Waals surface area contributed by atoms with Crippen molar-refractivity contribution in [3.63, 3.8) is 0 Å². The number of hydrogen-bond donors (Lipinski definition) is 0. The summed E-state index contributed by atoms with van der Waals surface area (Å²) in [6.07, 6.45) is -1.97. The van der Waals surface area contributed by atoms with E-state index in [4.69, 9.17) is 11.6 Å². The van der Waals surface area contributed by atoms with E-state index < -0.39 is 11.7 Å². The van der Waals surface area contributed by atoms with E-state index in [1.54, 1.807) is 28.3 Å². The smallest absolute Gasteiger partial charge is 0.369 e. The van der Waals surface area contributed by atoms with E-state index in [9.17, 15) is 18.0 Å². The van der Waals surface area contributed by atoms with Crippen molar-refractivity contribution < 1.29 is 13.2 Å². The predicted molar refractivity (Wildman–Crippen MR) is 129 cm³/mol. The maximum Gasteiger partial charge on any atom is 0.417 e. The first kappa shape index (κ1) is 23.6. The summed E-state index contributed by atoms with van der Waals surface area (Å²) in [5.41, 5.74) is 0.889. The minimum absolute atomic E-state index is 0.0199. The van der Waals surface area contributed by atoms with Gasteiger partial charge in [0.2, 0.25) is 0 Å². The Morgan fingerprint density at radius 1 is 1.12 bits per heavy atom. The maximum absolute atomic E-state index is 13.2. The molecule has 0 atom stereocenters. The molecule has 0 radical (unpaired) electrons.